The summed E-state index contributed by atoms with van der Waals surface area (Å²) < 4.78 is 6.30. The van der Waals surface area contributed by atoms with Gasteiger partial charge in [0.2, 0.25) is 0 Å². The molecule has 0 aliphatic carbocycles. The smallest absolute Gasteiger partial charge is 0.122 e. The van der Waals surface area contributed by atoms with Crippen LogP contribution in [0.15, 0.2) is 109 Å². The van der Waals surface area contributed by atoms with Crippen molar-refractivity contribution in [1.82, 2.24) is 9.97 Å². The first-order chi connectivity index (χ1) is 20.0. The van der Waals surface area contributed by atoms with Gasteiger partial charge in [-0.25, -0.2) is 0 Å². The van der Waals surface area contributed by atoms with E-state index in [1.165, 1.54) is 27.8 Å². The Bertz CT molecular complexity index is 1850. The average Bonchev–Trinajstić information content (AvgIpc) is 3.14. The molecule has 1 aliphatic rings. The maximum atomic E-state index is 6.30. The number of rotatable bonds is 2. The van der Waals surface area contributed by atoms with Crippen molar-refractivity contribution < 1.29 is 24.8 Å². The van der Waals surface area contributed by atoms with Crippen LogP contribution in [-0.4, -0.2) is 9.97 Å². The Balaban J connectivity index is 0.000000200. The Labute approximate surface area is 261 Å². The number of fused-ring (bicyclic) bond motifs is 5. The van der Waals surface area contributed by atoms with Crippen LogP contribution in [0.25, 0.3) is 44.8 Å². The van der Waals surface area contributed by atoms with Gasteiger partial charge in [-0.1, -0.05) is 65.7 Å². The third kappa shape index (κ3) is 5.97. The van der Waals surface area contributed by atoms with Crippen molar-refractivity contribution in [3.8, 4) is 56.3 Å². The van der Waals surface area contributed by atoms with Gasteiger partial charge in [0.25, 0.3) is 0 Å². The van der Waals surface area contributed by atoms with Crippen molar-refractivity contribution in [2.45, 2.75) is 27.7 Å². The summed E-state index contributed by atoms with van der Waals surface area (Å²) in [4.78, 5) is 8.94. The second kappa shape index (κ2) is 12.6. The standard InChI is InChI=1S/C25H18NO.C13H12N.Ir/c1-16-10-12-22(26-15-16)18-11-13-24-21(14-18)25-17(2)6-5-8-20(25)19-7-3-4-9-23(19)27-24;1-10-8-13(14-9-11(10)2)12-6-4-3-5-7-12;/h3-10,12-15H,1-2H3;3-6,8-9H,1-2H3;/q2*-1;. The van der Waals surface area contributed by atoms with E-state index >= 15 is 0 Å². The first-order valence-corrected chi connectivity index (χ1v) is 13.7. The number of para-hydroxylation sites is 1. The van der Waals surface area contributed by atoms with Crippen molar-refractivity contribution >= 4 is 0 Å². The minimum atomic E-state index is 0. The molecule has 1 radical (unpaired) electrons. The summed E-state index contributed by atoms with van der Waals surface area (Å²) in [7, 11) is 0. The number of aryl methyl sites for hydroxylation is 4. The van der Waals surface area contributed by atoms with Crippen molar-refractivity contribution in [2.24, 2.45) is 0 Å². The molecule has 0 unspecified atom stereocenters. The molecule has 0 saturated heterocycles. The van der Waals surface area contributed by atoms with Gasteiger partial charge in [0.1, 0.15) is 5.75 Å². The molecule has 0 fully saturated rings. The van der Waals surface area contributed by atoms with Crippen molar-refractivity contribution in [2.75, 3.05) is 0 Å². The van der Waals surface area contributed by atoms with E-state index in [-0.39, 0.29) is 20.1 Å². The molecule has 7 rings (SSSR count). The van der Waals surface area contributed by atoms with Crippen LogP contribution in [0, 0.1) is 39.8 Å². The Hall–Kier alpha value is -4.37. The number of ether oxygens (including phenoxy) is 1. The van der Waals surface area contributed by atoms with Crippen LogP contribution in [0.2, 0.25) is 0 Å². The third-order valence-corrected chi connectivity index (χ3v) is 7.40. The topological polar surface area (TPSA) is 35.0 Å². The van der Waals surface area contributed by atoms with Crippen molar-refractivity contribution in [3.05, 3.63) is 144 Å². The number of hydrogen-bond acceptors (Lipinski definition) is 3. The maximum Gasteiger partial charge on any atom is 0.122 e. The average molecular weight is 723 g/mol. The van der Waals surface area contributed by atoms with Crippen LogP contribution in [-0.2, 0) is 20.1 Å². The van der Waals surface area contributed by atoms with E-state index in [1.54, 1.807) is 0 Å². The van der Waals surface area contributed by atoms with Crippen molar-refractivity contribution in [3.63, 3.8) is 0 Å². The molecular formula is C38H30IrN2O-2. The molecule has 0 spiro atoms. The molecule has 0 N–H and O–H groups in total. The normalized spacial score (nSPS) is 10.9. The van der Waals surface area contributed by atoms with Gasteiger partial charge in [-0.3, -0.25) is 0 Å². The number of aromatic nitrogens is 2. The Morgan fingerprint density at radius 1 is 0.571 bits per heavy atom. The number of benzene rings is 4. The SMILES string of the molecule is Cc1ccc(-c2[c-]cc3c(c2)-c2c(C)cccc2-c2ccccc2O3)nc1.Cc1cnc(-c2[c-]cccc2)cc1C.[Ir]. The van der Waals surface area contributed by atoms with Gasteiger partial charge in [0.05, 0.1) is 5.75 Å². The van der Waals surface area contributed by atoms with Gasteiger partial charge in [-0.05, 0) is 73.0 Å². The van der Waals surface area contributed by atoms with Crippen LogP contribution in [0.1, 0.15) is 22.3 Å². The molecule has 4 aromatic carbocycles. The first kappa shape index (κ1) is 29.1. The summed E-state index contributed by atoms with van der Waals surface area (Å²) in [6, 6.07) is 39.3. The molecule has 1 aliphatic heterocycles. The zero-order valence-corrected chi connectivity index (χ0v) is 26.4. The van der Waals surface area contributed by atoms with E-state index < -0.39 is 0 Å². The van der Waals surface area contributed by atoms with E-state index in [0.29, 0.717) is 0 Å². The molecule has 6 aromatic rings. The molecule has 0 saturated carbocycles. The number of nitrogens with zero attached hydrogens (tertiary/aromatic N) is 2. The fourth-order valence-corrected chi connectivity index (χ4v) is 5.00. The molecule has 42 heavy (non-hydrogen) atoms. The van der Waals surface area contributed by atoms with Gasteiger partial charge in [-0.2, -0.15) is 0 Å². The fourth-order valence-electron chi connectivity index (χ4n) is 5.00. The zero-order valence-electron chi connectivity index (χ0n) is 24.0. The van der Waals surface area contributed by atoms with Gasteiger partial charge in [-0.15, -0.1) is 59.7 Å². The number of hydrogen-bond donors (Lipinski definition) is 0. The molecule has 3 heterocycles. The molecule has 4 heteroatoms. The predicted molar refractivity (Wildman–Crippen MR) is 167 cm³/mol. The van der Waals surface area contributed by atoms with E-state index in [9.17, 15) is 0 Å². The minimum Gasteiger partial charge on any atom is -0.500 e. The monoisotopic (exact) mass is 723 g/mol. The summed E-state index contributed by atoms with van der Waals surface area (Å²) in [5, 5.41) is 0. The third-order valence-electron chi connectivity index (χ3n) is 7.40. The maximum absolute atomic E-state index is 6.30. The fraction of sp³-hybridized carbons (Fsp3) is 0.105. The molecule has 2 aromatic heterocycles. The van der Waals surface area contributed by atoms with Crippen LogP contribution < -0.4 is 4.74 Å². The molecular weight excluding hydrogens is 693 g/mol. The Morgan fingerprint density at radius 2 is 1.36 bits per heavy atom. The Kier molecular flexibility index (Phi) is 8.77. The summed E-state index contributed by atoms with van der Waals surface area (Å²) in [6.45, 7) is 8.36. The summed E-state index contributed by atoms with van der Waals surface area (Å²) in [5.41, 5.74) is 13.4. The second-order valence-corrected chi connectivity index (χ2v) is 10.4. The zero-order chi connectivity index (χ0) is 28.3. The van der Waals surface area contributed by atoms with Gasteiger partial charge < -0.3 is 14.7 Å². The van der Waals surface area contributed by atoms with Gasteiger partial charge >= 0.3 is 0 Å². The minimum absolute atomic E-state index is 0. The quantitative estimate of drug-likeness (QED) is 0.167. The molecule has 0 bridgehead atoms. The number of pyridine rings is 2. The van der Waals surface area contributed by atoms with Crippen LogP contribution in [0.5, 0.6) is 11.5 Å². The summed E-state index contributed by atoms with van der Waals surface area (Å²) in [5.74, 6) is 1.70. The van der Waals surface area contributed by atoms with Gasteiger partial charge in [0.15, 0.2) is 0 Å². The summed E-state index contributed by atoms with van der Waals surface area (Å²) in [6.07, 6.45) is 3.80. The van der Waals surface area contributed by atoms with Crippen LogP contribution in [0.3, 0.4) is 0 Å². The predicted octanol–water partition coefficient (Wildman–Crippen LogP) is 9.77. The molecule has 3 nitrogen and oxygen atoms in total. The second-order valence-electron chi connectivity index (χ2n) is 10.4. The van der Waals surface area contributed by atoms with E-state index in [4.69, 9.17) is 4.74 Å². The van der Waals surface area contributed by atoms with E-state index in [2.05, 4.69) is 91.4 Å². The van der Waals surface area contributed by atoms with Gasteiger partial charge in [0, 0.05) is 38.1 Å². The molecule has 0 amide bonds. The van der Waals surface area contributed by atoms with Crippen molar-refractivity contribution in [1.29, 1.82) is 0 Å². The van der Waals surface area contributed by atoms with Crippen LogP contribution in [0.4, 0.5) is 0 Å². The molecule has 0 atom stereocenters. The Morgan fingerprint density at radius 3 is 2.12 bits per heavy atom. The largest absolute Gasteiger partial charge is 0.500 e. The van der Waals surface area contributed by atoms with E-state index in [0.717, 1.165) is 50.7 Å². The molecule has 209 valence electrons. The van der Waals surface area contributed by atoms with Crippen LogP contribution >= 0.6 is 0 Å². The van der Waals surface area contributed by atoms with E-state index in [1.807, 2.05) is 67.8 Å². The first-order valence-electron chi connectivity index (χ1n) is 13.7. The summed E-state index contributed by atoms with van der Waals surface area (Å²) >= 11 is 0.